The predicted molar refractivity (Wildman–Crippen MR) is 124 cm³/mol. The van der Waals surface area contributed by atoms with Crippen molar-refractivity contribution in [3.8, 4) is 0 Å². The van der Waals surface area contributed by atoms with Crippen LogP contribution in [0.15, 0.2) is 30.3 Å². The molecule has 0 aromatic heterocycles. The molecule has 29 heavy (non-hydrogen) atoms. The minimum Gasteiger partial charge on any atom is -0.465 e. The molecule has 2 aliphatic rings. The Morgan fingerprint density at radius 3 is 2.03 bits per heavy atom. The molecule has 1 aromatic carbocycles. The third-order valence-corrected chi connectivity index (χ3v) is 6.30. The van der Waals surface area contributed by atoms with E-state index in [0.717, 1.165) is 24.8 Å². The largest absolute Gasteiger partial charge is 0.465 e. The van der Waals surface area contributed by atoms with E-state index < -0.39 is 6.09 Å². The summed E-state index contributed by atoms with van der Waals surface area (Å²) in [6.45, 7) is 9.60. The molecule has 166 valence electrons. The fourth-order valence-corrected chi connectivity index (χ4v) is 4.81. The Kier molecular flexibility index (Phi) is 9.97. The number of hydrogen-bond donors (Lipinski definition) is 2. The van der Waals surface area contributed by atoms with E-state index in [9.17, 15) is 9.90 Å². The third kappa shape index (κ3) is 8.96. The quantitative estimate of drug-likeness (QED) is 0.584. The topological polar surface area (TPSA) is 66.6 Å². The molecule has 0 unspecified atom stereocenters. The highest BCUT2D eigenvalue weighted by Crippen LogP contribution is 2.37. The fraction of sp³-hybridized carbons (Fsp3) is 0.708. The van der Waals surface area contributed by atoms with Gasteiger partial charge in [-0.3, -0.25) is 0 Å². The van der Waals surface area contributed by atoms with Crippen molar-refractivity contribution in [2.24, 2.45) is 16.6 Å². The summed E-state index contributed by atoms with van der Waals surface area (Å²) < 4.78 is 0. The van der Waals surface area contributed by atoms with Gasteiger partial charge in [-0.25, -0.2) is 4.79 Å². The molecule has 0 heterocycles. The third-order valence-electron chi connectivity index (χ3n) is 6.30. The lowest BCUT2D eigenvalue weighted by Crippen LogP contribution is -2.43. The van der Waals surface area contributed by atoms with Gasteiger partial charge < -0.3 is 15.7 Å². The Balaban J connectivity index is 0.000000355. The van der Waals surface area contributed by atoms with Gasteiger partial charge in [0.25, 0.3) is 0 Å². The summed E-state index contributed by atoms with van der Waals surface area (Å²) in [4.78, 5) is 13.2. The maximum Gasteiger partial charge on any atom is 0.407 e. The molecular weight excluding hydrogens is 384 g/mol. The van der Waals surface area contributed by atoms with E-state index in [-0.39, 0.29) is 23.9 Å². The molecule has 2 fully saturated rings. The molecule has 0 spiro atoms. The number of nitrogens with zero attached hydrogens (tertiary/aromatic N) is 1. The molecule has 0 bridgehead atoms. The second-order valence-electron chi connectivity index (χ2n) is 10.3. The van der Waals surface area contributed by atoms with Crippen LogP contribution >= 0.6 is 12.4 Å². The van der Waals surface area contributed by atoms with Gasteiger partial charge >= 0.3 is 6.09 Å². The lowest BCUT2D eigenvalue weighted by molar-refractivity contribution is 0.0777. The summed E-state index contributed by atoms with van der Waals surface area (Å²) in [5.74, 6) is 0. The zero-order valence-electron chi connectivity index (χ0n) is 18.7. The summed E-state index contributed by atoms with van der Waals surface area (Å²) in [7, 11) is 0. The second kappa shape index (κ2) is 11.2. The Bertz CT molecular complexity index is 619. The monoisotopic (exact) mass is 424 g/mol. The first kappa shape index (κ1) is 25.8. The average molecular weight is 425 g/mol. The zero-order valence-corrected chi connectivity index (χ0v) is 19.5. The van der Waals surface area contributed by atoms with E-state index in [2.05, 4.69) is 27.7 Å². The Labute approximate surface area is 183 Å². The molecule has 3 N–H and O–H groups in total. The summed E-state index contributed by atoms with van der Waals surface area (Å²) in [5.41, 5.74) is 7.66. The standard InChI is InChI=1S/C16H23NO2.C8H17N.ClH/c1-16(2)10-6-9-14(11-16)17(15(18)19)12-13-7-4-3-5-8-13;1-8(2)5-3-4-7(9)6-8;/h3-5,7-8,14H,6,9-12H2,1-2H3,(H,18,19);7H,3-6,9H2,1-2H3;1H/t14-;7-;/m11./s1. The van der Waals surface area contributed by atoms with E-state index >= 15 is 0 Å². The summed E-state index contributed by atoms with van der Waals surface area (Å²) in [5, 5.41) is 9.48. The lowest BCUT2D eigenvalue weighted by Gasteiger charge is -2.40. The molecule has 2 saturated carbocycles. The molecule has 5 heteroatoms. The molecule has 1 amide bonds. The van der Waals surface area contributed by atoms with Gasteiger partial charge in [0.15, 0.2) is 0 Å². The highest BCUT2D eigenvalue weighted by Gasteiger charge is 2.33. The predicted octanol–water partition coefficient (Wildman–Crippen LogP) is 6.47. The SMILES string of the molecule is CC1(C)CCC[C@@H](N(Cc2ccccc2)C(=O)O)C1.CC1(C)CCC[C@@H](N)C1.Cl. The highest BCUT2D eigenvalue weighted by molar-refractivity contribution is 5.85. The number of rotatable bonds is 3. The van der Waals surface area contributed by atoms with Crippen LogP contribution in [0.5, 0.6) is 0 Å². The van der Waals surface area contributed by atoms with E-state index in [0.29, 0.717) is 18.0 Å². The number of nitrogens with two attached hydrogens (primary N) is 1. The van der Waals surface area contributed by atoms with Crippen LogP contribution in [0.4, 0.5) is 4.79 Å². The highest BCUT2D eigenvalue weighted by atomic mass is 35.5. The van der Waals surface area contributed by atoms with Crippen molar-refractivity contribution < 1.29 is 9.90 Å². The van der Waals surface area contributed by atoms with Crippen LogP contribution in [0.1, 0.15) is 84.6 Å². The molecule has 1 aromatic rings. The smallest absolute Gasteiger partial charge is 0.407 e. The van der Waals surface area contributed by atoms with Gasteiger partial charge in [0.2, 0.25) is 0 Å². The van der Waals surface area contributed by atoms with Crippen LogP contribution in [0, 0.1) is 10.8 Å². The minimum absolute atomic E-state index is 0. The molecule has 3 rings (SSSR count). The summed E-state index contributed by atoms with van der Waals surface area (Å²) >= 11 is 0. The van der Waals surface area contributed by atoms with Gasteiger partial charge in [-0.1, -0.05) is 70.9 Å². The van der Waals surface area contributed by atoms with Crippen LogP contribution in [-0.4, -0.2) is 28.2 Å². The van der Waals surface area contributed by atoms with Crippen LogP contribution < -0.4 is 5.73 Å². The van der Waals surface area contributed by atoms with Crippen molar-refractivity contribution in [3.63, 3.8) is 0 Å². The number of carbonyl (C=O) groups is 1. The number of benzene rings is 1. The van der Waals surface area contributed by atoms with Gasteiger partial charge in [0.05, 0.1) is 0 Å². The first-order valence-corrected chi connectivity index (χ1v) is 10.9. The average Bonchev–Trinajstić information content (AvgIpc) is 2.59. The van der Waals surface area contributed by atoms with Crippen molar-refractivity contribution in [2.45, 2.75) is 97.7 Å². The Morgan fingerprint density at radius 1 is 1.03 bits per heavy atom. The van der Waals surface area contributed by atoms with Crippen molar-refractivity contribution in [2.75, 3.05) is 0 Å². The molecule has 0 saturated heterocycles. The normalized spacial score (nSPS) is 25.0. The number of carboxylic acid groups (broad SMARTS) is 1. The van der Waals surface area contributed by atoms with Crippen LogP contribution in [0.25, 0.3) is 0 Å². The Hall–Kier alpha value is -1.26. The Morgan fingerprint density at radius 2 is 1.59 bits per heavy atom. The maximum atomic E-state index is 11.5. The molecule has 0 aliphatic heterocycles. The van der Waals surface area contributed by atoms with Gasteiger partial charge in [-0.2, -0.15) is 0 Å². The van der Waals surface area contributed by atoms with Crippen LogP contribution in [0.2, 0.25) is 0 Å². The van der Waals surface area contributed by atoms with Crippen LogP contribution in [0.3, 0.4) is 0 Å². The van der Waals surface area contributed by atoms with E-state index in [4.69, 9.17) is 5.73 Å². The van der Waals surface area contributed by atoms with Crippen molar-refractivity contribution in [3.05, 3.63) is 35.9 Å². The van der Waals surface area contributed by atoms with Crippen molar-refractivity contribution in [1.29, 1.82) is 0 Å². The molecule has 4 nitrogen and oxygen atoms in total. The molecule has 0 radical (unpaired) electrons. The number of hydrogen-bond acceptors (Lipinski definition) is 2. The first-order valence-electron chi connectivity index (χ1n) is 10.9. The van der Waals surface area contributed by atoms with Gasteiger partial charge in [-0.05, 0) is 54.9 Å². The van der Waals surface area contributed by atoms with Crippen molar-refractivity contribution >= 4 is 18.5 Å². The summed E-state index contributed by atoms with van der Waals surface area (Å²) in [6, 6.07) is 10.5. The van der Waals surface area contributed by atoms with E-state index in [1.165, 1.54) is 32.1 Å². The maximum absolute atomic E-state index is 11.5. The lowest BCUT2D eigenvalue weighted by atomic mass is 9.74. The van der Waals surface area contributed by atoms with E-state index in [1.807, 2.05) is 30.3 Å². The van der Waals surface area contributed by atoms with Gasteiger partial charge in [0.1, 0.15) is 0 Å². The van der Waals surface area contributed by atoms with Crippen molar-refractivity contribution in [1.82, 2.24) is 4.90 Å². The number of amides is 1. The molecular formula is C24H41ClN2O2. The zero-order chi connectivity index (χ0) is 20.8. The van der Waals surface area contributed by atoms with E-state index in [1.54, 1.807) is 4.90 Å². The second-order valence-corrected chi connectivity index (χ2v) is 10.3. The summed E-state index contributed by atoms with van der Waals surface area (Å²) in [6.07, 6.45) is 8.62. The first-order chi connectivity index (χ1) is 13.1. The fourth-order valence-electron chi connectivity index (χ4n) is 4.81. The van der Waals surface area contributed by atoms with Crippen LogP contribution in [-0.2, 0) is 6.54 Å². The number of halogens is 1. The molecule has 2 atom stereocenters. The van der Waals surface area contributed by atoms with Gasteiger partial charge in [0, 0.05) is 18.6 Å². The minimum atomic E-state index is -0.799. The molecule has 2 aliphatic carbocycles. The van der Waals surface area contributed by atoms with Gasteiger partial charge in [-0.15, -0.1) is 12.4 Å².